The number of rotatable bonds is 7. The molecule has 27 heavy (non-hydrogen) atoms. The smallest absolute Gasteiger partial charge is 0.271 e. The van der Waals surface area contributed by atoms with Gasteiger partial charge in [0, 0.05) is 18.8 Å². The fraction of sp³-hybridized carbons (Fsp3) is 0.278. The summed E-state index contributed by atoms with van der Waals surface area (Å²) < 4.78 is 27.2. The van der Waals surface area contributed by atoms with Crippen LogP contribution < -0.4 is 15.4 Å². The summed E-state index contributed by atoms with van der Waals surface area (Å²) in [5.74, 6) is -0.0450. The number of sulfonamides is 1. The largest absolute Gasteiger partial charge is 0.352 e. The molecule has 0 bridgehead atoms. The lowest BCUT2D eigenvalue weighted by molar-refractivity contribution is -0.120. The molecule has 1 aromatic carbocycles. The third-order valence-corrected chi connectivity index (χ3v) is 6.78. The highest BCUT2D eigenvalue weighted by atomic mass is 35.5. The van der Waals surface area contributed by atoms with Gasteiger partial charge in [-0.05, 0) is 42.1 Å². The molecule has 0 saturated carbocycles. The molecular weight excluding hydrogens is 406 g/mol. The van der Waals surface area contributed by atoms with Crippen molar-refractivity contribution in [3.63, 3.8) is 0 Å². The zero-order chi connectivity index (χ0) is 18.4. The topological polar surface area (TPSA) is 87.3 Å². The number of hydrogen-bond donors (Lipinski definition) is 3. The van der Waals surface area contributed by atoms with Gasteiger partial charge in [-0.25, -0.2) is 8.42 Å². The molecule has 0 saturated heterocycles. The van der Waals surface area contributed by atoms with Crippen molar-refractivity contribution < 1.29 is 13.2 Å². The molecule has 2 heterocycles. The molecule has 0 atom stereocenters. The lowest BCUT2D eigenvalue weighted by Gasteiger charge is -2.14. The summed E-state index contributed by atoms with van der Waals surface area (Å²) in [7, 11) is -3.55. The summed E-state index contributed by atoms with van der Waals surface area (Å²) in [4.78, 5) is 12.1. The van der Waals surface area contributed by atoms with Crippen LogP contribution in [0, 0.1) is 0 Å². The Morgan fingerprint density at radius 3 is 2.59 bits per heavy atom. The van der Waals surface area contributed by atoms with E-state index in [1.54, 1.807) is 41.8 Å². The van der Waals surface area contributed by atoms with Gasteiger partial charge in [-0.15, -0.1) is 23.7 Å². The Morgan fingerprint density at radius 2 is 1.96 bits per heavy atom. The third kappa shape index (κ3) is 6.35. The Labute approximate surface area is 169 Å². The van der Waals surface area contributed by atoms with E-state index in [9.17, 15) is 13.2 Å². The van der Waals surface area contributed by atoms with Crippen LogP contribution in [0.25, 0.3) is 0 Å². The van der Waals surface area contributed by atoms with E-state index in [1.807, 2.05) is 0 Å². The zero-order valence-electron chi connectivity index (χ0n) is 14.6. The van der Waals surface area contributed by atoms with Crippen molar-refractivity contribution in [2.45, 2.75) is 17.1 Å². The Balaban J connectivity index is 0.00000261. The molecule has 0 aliphatic carbocycles. The highest BCUT2D eigenvalue weighted by Gasteiger charge is 2.15. The number of carbonyl (C=O) groups excluding carboxylic acids is 1. The van der Waals surface area contributed by atoms with Crippen LogP contribution in [-0.2, 0) is 21.2 Å². The van der Waals surface area contributed by atoms with Crippen molar-refractivity contribution in [3.8, 4) is 0 Å². The highest BCUT2D eigenvalue weighted by Crippen LogP contribution is 2.20. The van der Waals surface area contributed by atoms with E-state index in [1.165, 1.54) is 16.9 Å². The Morgan fingerprint density at radius 1 is 1.19 bits per heavy atom. The van der Waals surface area contributed by atoms with Crippen molar-refractivity contribution in [1.29, 1.82) is 0 Å². The molecule has 1 amide bonds. The maximum Gasteiger partial charge on any atom is 0.271 e. The molecule has 9 heteroatoms. The molecule has 146 valence electrons. The van der Waals surface area contributed by atoms with Crippen LogP contribution in [0.1, 0.15) is 12.0 Å². The number of amides is 1. The van der Waals surface area contributed by atoms with Crippen LogP contribution in [0.4, 0.5) is 5.69 Å². The van der Waals surface area contributed by atoms with Crippen LogP contribution in [0.2, 0.25) is 0 Å². The number of thiophene rings is 1. The monoisotopic (exact) mass is 427 g/mol. The molecule has 0 unspecified atom stereocenters. The molecule has 3 rings (SSSR count). The Hall–Kier alpha value is -1.87. The second-order valence-corrected chi connectivity index (χ2v) is 8.86. The number of halogens is 1. The van der Waals surface area contributed by atoms with Crippen LogP contribution in [0.5, 0.6) is 0 Å². The van der Waals surface area contributed by atoms with Crippen molar-refractivity contribution in [3.05, 3.63) is 59.0 Å². The van der Waals surface area contributed by atoms with Crippen LogP contribution in [0.15, 0.2) is 57.6 Å². The summed E-state index contributed by atoms with van der Waals surface area (Å²) in [6, 6.07) is 10.1. The SMILES string of the molecule is Cl.O=C(Cc1ccc(NS(=O)(=O)c2cccs2)cc1)NCC1=CCNCC1. The summed E-state index contributed by atoms with van der Waals surface area (Å²) >= 11 is 1.17. The number of carbonyl (C=O) groups is 1. The summed E-state index contributed by atoms with van der Waals surface area (Å²) in [5, 5.41) is 7.88. The Kier molecular flexibility index (Phi) is 7.85. The number of hydrogen-bond acceptors (Lipinski definition) is 5. The van der Waals surface area contributed by atoms with Crippen molar-refractivity contribution >= 4 is 45.4 Å². The minimum Gasteiger partial charge on any atom is -0.352 e. The van der Waals surface area contributed by atoms with E-state index in [-0.39, 0.29) is 28.9 Å². The van der Waals surface area contributed by atoms with Gasteiger partial charge >= 0.3 is 0 Å². The van der Waals surface area contributed by atoms with Crippen molar-refractivity contribution in [2.24, 2.45) is 0 Å². The molecule has 1 aromatic heterocycles. The lowest BCUT2D eigenvalue weighted by atomic mass is 10.1. The normalized spacial score (nSPS) is 14.0. The van der Waals surface area contributed by atoms with Gasteiger partial charge in [-0.3, -0.25) is 9.52 Å². The first kappa shape index (κ1) is 21.4. The fourth-order valence-electron chi connectivity index (χ4n) is 2.60. The first-order valence-electron chi connectivity index (χ1n) is 8.33. The van der Waals surface area contributed by atoms with E-state index in [4.69, 9.17) is 0 Å². The van der Waals surface area contributed by atoms with E-state index in [0.29, 0.717) is 12.2 Å². The number of anilines is 1. The fourth-order valence-corrected chi connectivity index (χ4v) is 4.65. The Bertz CT molecular complexity index is 879. The molecular formula is C18H22ClN3O3S2. The predicted octanol–water partition coefficient (Wildman–Crippen LogP) is 2.55. The van der Waals surface area contributed by atoms with Gasteiger partial charge < -0.3 is 10.6 Å². The first-order chi connectivity index (χ1) is 12.5. The average molecular weight is 428 g/mol. The second kappa shape index (κ2) is 9.89. The predicted molar refractivity (Wildman–Crippen MR) is 111 cm³/mol. The summed E-state index contributed by atoms with van der Waals surface area (Å²) in [5.41, 5.74) is 2.55. The minimum absolute atomic E-state index is 0. The van der Waals surface area contributed by atoms with Gasteiger partial charge in [0.2, 0.25) is 5.91 Å². The molecule has 1 aliphatic heterocycles. The molecule has 3 N–H and O–H groups in total. The van der Waals surface area contributed by atoms with Gasteiger partial charge in [-0.1, -0.05) is 29.8 Å². The zero-order valence-corrected chi connectivity index (χ0v) is 17.1. The van der Waals surface area contributed by atoms with Gasteiger partial charge in [0.1, 0.15) is 4.21 Å². The molecule has 2 aromatic rings. The number of nitrogens with one attached hydrogen (secondary N) is 3. The van der Waals surface area contributed by atoms with Crippen LogP contribution >= 0.6 is 23.7 Å². The molecule has 0 radical (unpaired) electrons. The number of benzene rings is 1. The van der Waals surface area contributed by atoms with Gasteiger partial charge in [0.25, 0.3) is 10.0 Å². The average Bonchev–Trinajstić information content (AvgIpc) is 3.18. The minimum atomic E-state index is -3.55. The van der Waals surface area contributed by atoms with Crippen molar-refractivity contribution in [1.82, 2.24) is 10.6 Å². The highest BCUT2D eigenvalue weighted by molar-refractivity contribution is 7.94. The third-order valence-electron chi connectivity index (χ3n) is 4.00. The molecule has 0 fully saturated rings. The first-order valence-corrected chi connectivity index (χ1v) is 10.7. The molecule has 0 spiro atoms. The van der Waals surface area contributed by atoms with E-state index in [0.717, 1.165) is 25.1 Å². The maximum absolute atomic E-state index is 12.2. The van der Waals surface area contributed by atoms with E-state index >= 15 is 0 Å². The second-order valence-electron chi connectivity index (χ2n) is 6.00. The summed E-state index contributed by atoms with van der Waals surface area (Å²) in [6.07, 6.45) is 3.33. The quantitative estimate of drug-likeness (QED) is 0.592. The van der Waals surface area contributed by atoms with Gasteiger partial charge in [0.15, 0.2) is 0 Å². The maximum atomic E-state index is 12.2. The van der Waals surface area contributed by atoms with Crippen LogP contribution in [0.3, 0.4) is 0 Å². The lowest BCUT2D eigenvalue weighted by Crippen LogP contribution is -2.30. The summed E-state index contributed by atoms with van der Waals surface area (Å²) in [6.45, 7) is 2.39. The van der Waals surface area contributed by atoms with Gasteiger partial charge in [-0.2, -0.15) is 0 Å². The van der Waals surface area contributed by atoms with Crippen molar-refractivity contribution in [2.75, 3.05) is 24.4 Å². The van der Waals surface area contributed by atoms with E-state index in [2.05, 4.69) is 21.4 Å². The molecule has 1 aliphatic rings. The van der Waals surface area contributed by atoms with E-state index < -0.39 is 10.0 Å². The molecule has 6 nitrogen and oxygen atoms in total. The van der Waals surface area contributed by atoms with Crippen LogP contribution in [-0.4, -0.2) is 34.0 Å². The standard InChI is InChI=1S/C18H21N3O3S2.ClH/c22-17(20-13-15-7-9-19-10-8-15)12-14-3-5-16(6-4-14)21-26(23,24)18-2-1-11-25-18;/h1-7,11,19,21H,8-10,12-13H2,(H,20,22);1H. The van der Waals surface area contributed by atoms with Gasteiger partial charge in [0.05, 0.1) is 6.42 Å².